The summed E-state index contributed by atoms with van der Waals surface area (Å²) in [7, 11) is 3.09. The number of hydrogen-bond acceptors (Lipinski definition) is 6. The van der Waals surface area contributed by atoms with Crippen LogP contribution in [0.4, 0.5) is 0 Å². The van der Waals surface area contributed by atoms with Gasteiger partial charge in [-0.15, -0.1) is 0 Å². The third-order valence-corrected chi connectivity index (χ3v) is 5.09. The molecular weight excluding hydrogens is 394 g/mol. The van der Waals surface area contributed by atoms with Gasteiger partial charge in [-0.3, -0.25) is 9.78 Å². The van der Waals surface area contributed by atoms with Crippen LogP contribution in [0.15, 0.2) is 36.5 Å². The molecule has 29 heavy (non-hydrogen) atoms. The number of rotatable bonds is 6. The summed E-state index contributed by atoms with van der Waals surface area (Å²) in [5, 5.41) is 4.04. The SMILES string of the molecule is COc1cc(-c2cc3ncccc3c(OC[C@H]3CNC(=O)C3)n2)cc(Cl)c1OC. The molecule has 3 aromatic rings. The molecule has 1 aliphatic rings. The number of methoxy groups -OCH3 is 2. The minimum atomic E-state index is 0.0480. The minimum absolute atomic E-state index is 0.0480. The molecular formula is C21H20ClN3O4. The molecule has 0 bridgehead atoms. The quantitative estimate of drug-likeness (QED) is 0.666. The Hall–Kier alpha value is -3.06. The summed E-state index contributed by atoms with van der Waals surface area (Å²) in [6.45, 7) is 1.01. The van der Waals surface area contributed by atoms with E-state index in [1.54, 1.807) is 19.4 Å². The Bertz CT molecular complexity index is 1070. The second-order valence-corrected chi connectivity index (χ2v) is 7.17. The number of pyridine rings is 2. The molecule has 0 spiro atoms. The van der Waals surface area contributed by atoms with Gasteiger partial charge in [0.1, 0.15) is 0 Å². The van der Waals surface area contributed by atoms with Gasteiger partial charge in [0.15, 0.2) is 11.5 Å². The normalized spacial score (nSPS) is 16.0. The van der Waals surface area contributed by atoms with E-state index in [0.717, 1.165) is 16.5 Å². The molecule has 0 aliphatic carbocycles. The van der Waals surface area contributed by atoms with E-state index in [2.05, 4.69) is 10.3 Å². The van der Waals surface area contributed by atoms with Gasteiger partial charge in [-0.1, -0.05) is 11.6 Å². The number of halogens is 1. The topological polar surface area (TPSA) is 82.6 Å². The van der Waals surface area contributed by atoms with Gasteiger partial charge in [-0.05, 0) is 30.3 Å². The number of benzene rings is 1. The zero-order chi connectivity index (χ0) is 20.4. The third-order valence-electron chi connectivity index (χ3n) is 4.81. The number of carbonyl (C=O) groups is 1. The Balaban J connectivity index is 1.74. The highest BCUT2D eigenvalue weighted by atomic mass is 35.5. The van der Waals surface area contributed by atoms with Crippen molar-refractivity contribution < 1.29 is 19.0 Å². The molecule has 1 aliphatic heterocycles. The summed E-state index contributed by atoms with van der Waals surface area (Å²) in [5.74, 6) is 1.61. The summed E-state index contributed by atoms with van der Waals surface area (Å²) < 4.78 is 16.7. The summed E-state index contributed by atoms with van der Waals surface area (Å²) in [6, 6.07) is 9.20. The third kappa shape index (κ3) is 3.91. The van der Waals surface area contributed by atoms with Gasteiger partial charge >= 0.3 is 0 Å². The van der Waals surface area contributed by atoms with Crippen molar-refractivity contribution in [1.82, 2.24) is 15.3 Å². The van der Waals surface area contributed by atoms with Crippen molar-refractivity contribution in [3.05, 3.63) is 41.6 Å². The molecule has 7 nitrogen and oxygen atoms in total. The van der Waals surface area contributed by atoms with E-state index < -0.39 is 0 Å². The molecule has 0 unspecified atom stereocenters. The number of nitrogens with zero attached hydrogens (tertiary/aromatic N) is 2. The number of hydrogen-bond donors (Lipinski definition) is 1. The first kappa shape index (κ1) is 19.3. The lowest BCUT2D eigenvalue weighted by Gasteiger charge is -2.14. The number of nitrogens with one attached hydrogen (secondary N) is 1. The first-order valence-corrected chi connectivity index (χ1v) is 9.54. The maximum absolute atomic E-state index is 11.4. The van der Waals surface area contributed by atoms with Crippen LogP contribution in [0.1, 0.15) is 6.42 Å². The lowest BCUT2D eigenvalue weighted by molar-refractivity contribution is -0.119. The largest absolute Gasteiger partial charge is 0.493 e. The number of ether oxygens (including phenoxy) is 3. The summed E-state index contributed by atoms with van der Waals surface area (Å²) in [5.41, 5.74) is 2.15. The molecule has 1 amide bonds. The van der Waals surface area contributed by atoms with Crippen molar-refractivity contribution in [2.24, 2.45) is 5.92 Å². The van der Waals surface area contributed by atoms with Crippen LogP contribution >= 0.6 is 11.6 Å². The van der Waals surface area contributed by atoms with Gasteiger partial charge in [0.05, 0.1) is 42.4 Å². The Morgan fingerprint density at radius 1 is 1.24 bits per heavy atom. The average molecular weight is 414 g/mol. The highest BCUT2D eigenvalue weighted by molar-refractivity contribution is 6.32. The van der Waals surface area contributed by atoms with E-state index in [4.69, 9.17) is 30.8 Å². The van der Waals surface area contributed by atoms with Gasteiger partial charge in [-0.25, -0.2) is 4.98 Å². The zero-order valence-electron chi connectivity index (χ0n) is 16.1. The molecule has 1 N–H and O–H groups in total. The monoisotopic (exact) mass is 413 g/mol. The van der Waals surface area contributed by atoms with Crippen LogP contribution in [0.2, 0.25) is 5.02 Å². The highest BCUT2D eigenvalue weighted by Gasteiger charge is 2.23. The number of fused-ring (bicyclic) bond motifs is 1. The second kappa shape index (κ2) is 8.13. The van der Waals surface area contributed by atoms with Crippen LogP contribution in [0.5, 0.6) is 17.4 Å². The van der Waals surface area contributed by atoms with E-state index >= 15 is 0 Å². The van der Waals surface area contributed by atoms with Crippen molar-refractivity contribution in [2.45, 2.75) is 6.42 Å². The van der Waals surface area contributed by atoms with Crippen LogP contribution in [-0.4, -0.2) is 43.2 Å². The van der Waals surface area contributed by atoms with Crippen LogP contribution in [0.3, 0.4) is 0 Å². The van der Waals surface area contributed by atoms with E-state index in [1.807, 2.05) is 24.3 Å². The van der Waals surface area contributed by atoms with Gasteiger partial charge in [0, 0.05) is 30.6 Å². The lowest BCUT2D eigenvalue weighted by atomic mass is 10.1. The molecule has 2 aromatic heterocycles. The molecule has 1 fully saturated rings. The molecule has 1 aromatic carbocycles. The zero-order valence-corrected chi connectivity index (χ0v) is 16.8. The van der Waals surface area contributed by atoms with Crippen LogP contribution in [-0.2, 0) is 4.79 Å². The fourth-order valence-corrected chi connectivity index (χ4v) is 3.64. The molecule has 1 saturated heterocycles. The summed E-state index contributed by atoms with van der Waals surface area (Å²) in [6.07, 6.45) is 2.18. The van der Waals surface area contributed by atoms with Crippen LogP contribution in [0, 0.1) is 5.92 Å². The van der Waals surface area contributed by atoms with Crippen LogP contribution < -0.4 is 19.5 Å². The van der Waals surface area contributed by atoms with Crippen molar-refractivity contribution in [1.29, 1.82) is 0 Å². The fourth-order valence-electron chi connectivity index (χ4n) is 3.35. The number of aromatic nitrogens is 2. The lowest BCUT2D eigenvalue weighted by Crippen LogP contribution is -2.17. The van der Waals surface area contributed by atoms with E-state index in [9.17, 15) is 4.79 Å². The maximum atomic E-state index is 11.4. The first-order valence-electron chi connectivity index (χ1n) is 9.16. The molecule has 0 radical (unpaired) electrons. The average Bonchev–Trinajstić information content (AvgIpc) is 3.16. The second-order valence-electron chi connectivity index (χ2n) is 6.76. The Labute approximate surface area is 173 Å². The Kier molecular flexibility index (Phi) is 5.40. The Morgan fingerprint density at radius 2 is 2.10 bits per heavy atom. The van der Waals surface area contributed by atoms with Gasteiger partial charge < -0.3 is 19.5 Å². The molecule has 0 saturated carbocycles. The number of amides is 1. The fraction of sp³-hybridized carbons (Fsp3) is 0.286. The van der Waals surface area contributed by atoms with Crippen molar-refractivity contribution >= 4 is 28.4 Å². The van der Waals surface area contributed by atoms with E-state index in [-0.39, 0.29) is 11.8 Å². The first-order chi connectivity index (χ1) is 14.1. The molecule has 3 heterocycles. The smallest absolute Gasteiger partial charge is 0.223 e. The van der Waals surface area contributed by atoms with E-state index in [0.29, 0.717) is 47.7 Å². The Morgan fingerprint density at radius 3 is 2.83 bits per heavy atom. The van der Waals surface area contributed by atoms with Gasteiger partial charge in [0.25, 0.3) is 0 Å². The van der Waals surface area contributed by atoms with Crippen LogP contribution in [0.25, 0.3) is 22.2 Å². The van der Waals surface area contributed by atoms with Gasteiger partial charge in [-0.2, -0.15) is 0 Å². The summed E-state index contributed by atoms with van der Waals surface area (Å²) in [4.78, 5) is 20.6. The maximum Gasteiger partial charge on any atom is 0.223 e. The standard InChI is InChI=1S/C21H20ClN3O4/c1-27-18-8-13(7-15(22)20(18)28-2)16-9-17-14(4-3-5-23-17)21(25-16)29-11-12-6-19(26)24-10-12/h3-5,7-9,12H,6,10-11H2,1-2H3,(H,24,26)/t12-/m1/s1. The molecule has 1 atom stereocenters. The van der Waals surface area contributed by atoms with Crippen molar-refractivity contribution in [3.63, 3.8) is 0 Å². The minimum Gasteiger partial charge on any atom is -0.493 e. The molecule has 4 rings (SSSR count). The summed E-state index contributed by atoms with van der Waals surface area (Å²) >= 11 is 6.36. The predicted octanol–water partition coefficient (Wildman–Crippen LogP) is 3.48. The van der Waals surface area contributed by atoms with Crippen molar-refractivity contribution in [3.8, 4) is 28.6 Å². The molecule has 150 valence electrons. The highest BCUT2D eigenvalue weighted by Crippen LogP contribution is 2.40. The van der Waals surface area contributed by atoms with Gasteiger partial charge in [0.2, 0.25) is 11.8 Å². The predicted molar refractivity (Wildman–Crippen MR) is 110 cm³/mol. The number of carbonyl (C=O) groups excluding carboxylic acids is 1. The molecule has 8 heteroatoms. The van der Waals surface area contributed by atoms with E-state index in [1.165, 1.54) is 7.11 Å². The van der Waals surface area contributed by atoms with Crippen molar-refractivity contribution in [2.75, 3.05) is 27.4 Å².